The molecule has 3 rings (SSSR count). The SMILES string of the molecule is CCN(C(=O)CCSCCc1cccc(C(F)(F)F)c1)c1cn(-c2cccnc2)nc1Cl. The first kappa shape index (κ1) is 24.1. The van der Waals surface area contributed by atoms with Crippen LogP contribution in [0.2, 0.25) is 5.15 Å². The molecular formula is C22H22ClF3N4OS. The lowest BCUT2D eigenvalue weighted by Crippen LogP contribution is -2.30. The standard InChI is InChI=1S/C22H22ClF3N4OS/c1-2-29(19-15-30(28-21(19)23)18-7-4-10-27-14-18)20(31)9-12-32-11-8-16-5-3-6-17(13-16)22(24,25)26/h3-7,10,13-15H,2,8-9,11-12H2,1H3. The highest BCUT2D eigenvalue weighted by Gasteiger charge is 2.30. The fourth-order valence-electron chi connectivity index (χ4n) is 3.12. The van der Waals surface area contributed by atoms with Gasteiger partial charge in [0.2, 0.25) is 5.91 Å². The largest absolute Gasteiger partial charge is 0.416 e. The second-order valence-corrected chi connectivity index (χ2v) is 8.49. The van der Waals surface area contributed by atoms with E-state index in [9.17, 15) is 18.0 Å². The van der Waals surface area contributed by atoms with Gasteiger partial charge in [-0.25, -0.2) is 4.68 Å². The van der Waals surface area contributed by atoms with Crippen molar-refractivity contribution < 1.29 is 18.0 Å². The Balaban J connectivity index is 1.52. The second-order valence-electron chi connectivity index (χ2n) is 6.91. The van der Waals surface area contributed by atoms with Crippen molar-refractivity contribution in [2.75, 3.05) is 23.0 Å². The summed E-state index contributed by atoms with van der Waals surface area (Å²) >= 11 is 7.81. The summed E-state index contributed by atoms with van der Waals surface area (Å²) in [7, 11) is 0. The van der Waals surface area contributed by atoms with Crippen molar-refractivity contribution >= 4 is 35.0 Å². The summed E-state index contributed by atoms with van der Waals surface area (Å²) in [6, 6.07) is 8.95. The van der Waals surface area contributed by atoms with Crippen LogP contribution in [0.3, 0.4) is 0 Å². The van der Waals surface area contributed by atoms with E-state index in [1.165, 1.54) is 23.9 Å². The highest BCUT2D eigenvalue weighted by Crippen LogP contribution is 2.30. The van der Waals surface area contributed by atoms with Crippen LogP contribution < -0.4 is 4.90 Å². The van der Waals surface area contributed by atoms with Crippen molar-refractivity contribution in [2.24, 2.45) is 0 Å². The summed E-state index contributed by atoms with van der Waals surface area (Å²) < 4.78 is 40.0. The van der Waals surface area contributed by atoms with Crippen LogP contribution in [0.15, 0.2) is 55.0 Å². The zero-order chi connectivity index (χ0) is 23.1. The first-order valence-electron chi connectivity index (χ1n) is 9.99. The smallest absolute Gasteiger partial charge is 0.308 e. The number of carbonyl (C=O) groups excluding carboxylic acids is 1. The molecule has 0 saturated heterocycles. The van der Waals surface area contributed by atoms with E-state index in [4.69, 9.17) is 11.6 Å². The topological polar surface area (TPSA) is 51.0 Å². The number of hydrogen-bond donors (Lipinski definition) is 0. The molecule has 10 heteroatoms. The zero-order valence-corrected chi connectivity index (χ0v) is 18.9. The number of aryl methyl sites for hydroxylation is 1. The molecule has 0 unspecified atom stereocenters. The van der Waals surface area contributed by atoms with Gasteiger partial charge in [-0.05, 0) is 42.9 Å². The van der Waals surface area contributed by atoms with E-state index in [2.05, 4.69) is 10.1 Å². The van der Waals surface area contributed by atoms with Gasteiger partial charge in [0, 0.05) is 24.9 Å². The van der Waals surface area contributed by atoms with Crippen LogP contribution in [0.1, 0.15) is 24.5 Å². The first-order valence-corrected chi connectivity index (χ1v) is 11.5. The number of nitrogens with zero attached hydrogens (tertiary/aromatic N) is 4. The molecule has 0 spiro atoms. The summed E-state index contributed by atoms with van der Waals surface area (Å²) in [5.41, 5.74) is 1.24. The van der Waals surface area contributed by atoms with Crippen LogP contribution >= 0.6 is 23.4 Å². The van der Waals surface area contributed by atoms with E-state index >= 15 is 0 Å². The minimum Gasteiger partial charge on any atom is -0.308 e. The van der Waals surface area contributed by atoms with Gasteiger partial charge in [-0.2, -0.15) is 30.0 Å². The quantitative estimate of drug-likeness (QED) is 0.369. The summed E-state index contributed by atoms with van der Waals surface area (Å²) in [4.78, 5) is 18.4. The van der Waals surface area contributed by atoms with E-state index in [-0.39, 0.29) is 17.5 Å². The van der Waals surface area contributed by atoms with Gasteiger partial charge in [-0.3, -0.25) is 9.78 Å². The molecule has 0 atom stereocenters. The molecule has 1 aromatic carbocycles. The van der Waals surface area contributed by atoms with Crippen molar-refractivity contribution in [2.45, 2.75) is 25.9 Å². The van der Waals surface area contributed by atoms with Crippen molar-refractivity contribution in [3.8, 4) is 5.69 Å². The highest BCUT2D eigenvalue weighted by atomic mass is 35.5. The molecule has 170 valence electrons. The molecule has 0 aliphatic rings. The molecule has 1 amide bonds. The Morgan fingerprint density at radius 1 is 1.22 bits per heavy atom. The number of hydrogen-bond acceptors (Lipinski definition) is 4. The molecule has 0 radical (unpaired) electrons. The van der Waals surface area contributed by atoms with Crippen LogP contribution in [-0.4, -0.2) is 38.7 Å². The van der Waals surface area contributed by atoms with Crippen LogP contribution in [0, 0.1) is 0 Å². The van der Waals surface area contributed by atoms with Gasteiger partial charge in [-0.15, -0.1) is 0 Å². The van der Waals surface area contributed by atoms with Crippen molar-refractivity contribution in [3.63, 3.8) is 0 Å². The van der Waals surface area contributed by atoms with Gasteiger partial charge >= 0.3 is 6.18 Å². The Bertz CT molecular complexity index is 1040. The maximum Gasteiger partial charge on any atom is 0.416 e. The fraction of sp³-hybridized carbons (Fsp3) is 0.318. The lowest BCUT2D eigenvalue weighted by molar-refractivity contribution is -0.137. The van der Waals surface area contributed by atoms with E-state index in [0.29, 0.717) is 35.7 Å². The van der Waals surface area contributed by atoms with Gasteiger partial charge in [0.1, 0.15) is 5.69 Å². The maximum atomic E-state index is 12.8. The van der Waals surface area contributed by atoms with E-state index in [1.54, 1.807) is 40.3 Å². The number of pyridine rings is 1. The maximum absolute atomic E-state index is 12.8. The summed E-state index contributed by atoms with van der Waals surface area (Å²) in [5.74, 6) is 1.09. The van der Waals surface area contributed by atoms with Crippen molar-refractivity contribution in [3.05, 3.63) is 71.3 Å². The Kier molecular flexibility index (Phi) is 8.20. The fourth-order valence-corrected chi connectivity index (χ4v) is 4.25. The number of benzene rings is 1. The van der Waals surface area contributed by atoms with Crippen LogP contribution in [-0.2, 0) is 17.4 Å². The molecule has 0 aliphatic carbocycles. The van der Waals surface area contributed by atoms with Gasteiger partial charge in [-0.1, -0.05) is 29.8 Å². The van der Waals surface area contributed by atoms with Crippen LogP contribution in [0.5, 0.6) is 0 Å². The van der Waals surface area contributed by atoms with E-state index in [0.717, 1.165) is 11.8 Å². The molecule has 2 heterocycles. The highest BCUT2D eigenvalue weighted by molar-refractivity contribution is 7.99. The Morgan fingerprint density at radius 3 is 2.72 bits per heavy atom. The number of alkyl halides is 3. The monoisotopic (exact) mass is 482 g/mol. The van der Waals surface area contributed by atoms with Crippen molar-refractivity contribution in [1.82, 2.24) is 14.8 Å². The molecule has 0 fully saturated rings. The number of amides is 1. The third-order valence-corrected chi connectivity index (χ3v) is 5.97. The summed E-state index contributed by atoms with van der Waals surface area (Å²) in [5, 5.41) is 4.49. The Morgan fingerprint density at radius 2 is 2.03 bits per heavy atom. The molecule has 3 aromatic rings. The minimum absolute atomic E-state index is 0.0910. The lowest BCUT2D eigenvalue weighted by atomic mass is 10.1. The third kappa shape index (κ3) is 6.26. The predicted octanol–water partition coefficient (Wildman–Crippen LogP) is 5.66. The molecule has 5 nitrogen and oxygen atoms in total. The van der Waals surface area contributed by atoms with Gasteiger partial charge < -0.3 is 4.90 Å². The van der Waals surface area contributed by atoms with E-state index < -0.39 is 11.7 Å². The Hall–Kier alpha value is -2.52. The van der Waals surface area contributed by atoms with Crippen molar-refractivity contribution in [1.29, 1.82) is 0 Å². The van der Waals surface area contributed by atoms with Crippen LogP contribution in [0.4, 0.5) is 18.9 Å². The molecular weight excluding hydrogens is 461 g/mol. The third-order valence-electron chi connectivity index (χ3n) is 4.72. The average molecular weight is 483 g/mol. The Labute approximate surface area is 193 Å². The number of rotatable bonds is 9. The number of aromatic nitrogens is 3. The molecule has 32 heavy (non-hydrogen) atoms. The number of anilines is 1. The van der Waals surface area contributed by atoms with Gasteiger partial charge in [0.05, 0.1) is 23.6 Å². The molecule has 0 N–H and O–H groups in total. The van der Waals surface area contributed by atoms with E-state index in [1.807, 2.05) is 13.0 Å². The first-order chi connectivity index (χ1) is 15.3. The molecule has 0 bridgehead atoms. The van der Waals surface area contributed by atoms with Gasteiger partial charge in [0.25, 0.3) is 0 Å². The molecule has 0 aliphatic heterocycles. The lowest BCUT2D eigenvalue weighted by Gasteiger charge is -2.19. The van der Waals surface area contributed by atoms with Gasteiger partial charge in [0.15, 0.2) is 5.15 Å². The number of carbonyl (C=O) groups is 1. The second kappa shape index (κ2) is 10.9. The predicted molar refractivity (Wildman–Crippen MR) is 121 cm³/mol. The normalized spacial score (nSPS) is 11.5. The summed E-state index contributed by atoms with van der Waals surface area (Å²) in [6.45, 7) is 2.29. The molecule has 0 saturated carbocycles. The molecule has 2 aromatic heterocycles. The average Bonchev–Trinajstić information content (AvgIpc) is 3.15. The number of halogens is 4. The minimum atomic E-state index is -4.34. The number of thioether (sulfide) groups is 1. The van der Waals surface area contributed by atoms with Crippen LogP contribution in [0.25, 0.3) is 5.69 Å². The zero-order valence-electron chi connectivity index (χ0n) is 17.3. The summed E-state index contributed by atoms with van der Waals surface area (Å²) in [6.07, 6.45) is 1.45.